The fourth-order valence-electron chi connectivity index (χ4n) is 2.95. The first kappa shape index (κ1) is 19.2. The van der Waals surface area contributed by atoms with Gasteiger partial charge in [-0.05, 0) is 25.0 Å². The molecule has 0 radical (unpaired) electrons. The molecule has 1 N–H and O–H groups in total. The molecular formula is C20H24N4O2S. The largest absolute Gasteiger partial charge is 0.469 e. The van der Waals surface area contributed by atoms with E-state index in [-0.39, 0.29) is 11.9 Å². The number of nitrogens with zero attached hydrogens (tertiary/aromatic N) is 3. The number of benzene rings is 1. The topological polar surface area (TPSA) is 73.0 Å². The molecule has 1 atom stereocenters. The van der Waals surface area contributed by atoms with Crippen molar-refractivity contribution in [3.63, 3.8) is 0 Å². The van der Waals surface area contributed by atoms with Crippen LogP contribution in [0.4, 0.5) is 0 Å². The lowest BCUT2D eigenvalue weighted by atomic mass is 10.0. The van der Waals surface area contributed by atoms with Crippen molar-refractivity contribution in [1.29, 1.82) is 0 Å². The first-order chi connectivity index (χ1) is 13.1. The minimum Gasteiger partial charge on any atom is -0.469 e. The Kier molecular flexibility index (Phi) is 6.34. The molecule has 0 saturated heterocycles. The van der Waals surface area contributed by atoms with Crippen molar-refractivity contribution >= 4 is 17.7 Å². The Bertz CT molecular complexity index is 889. The zero-order chi connectivity index (χ0) is 19.2. The molecular weight excluding hydrogens is 360 g/mol. The maximum atomic E-state index is 12.5. The van der Waals surface area contributed by atoms with E-state index in [2.05, 4.69) is 34.6 Å². The van der Waals surface area contributed by atoms with Gasteiger partial charge < -0.3 is 14.3 Å². The van der Waals surface area contributed by atoms with Gasteiger partial charge in [0.05, 0.1) is 23.6 Å². The van der Waals surface area contributed by atoms with Gasteiger partial charge in [-0.2, -0.15) is 0 Å². The number of aromatic nitrogens is 3. The van der Waals surface area contributed by atoms with Crippen LogP contribution in [-0.4, -0.2) is 26.4 Å². The van der Waals surface area contributed by atoms with Crippen molar-refractivity contribution in [2.45, 2.75) is 37.9 Å². The highest BCUT2D eigenvalue weighted by molar-refractivity contribution is 7.99. The van der Waals surface area contributed by atoms with Crippen molar-refractivity contribution in [3.8, 4) is 11.4 Å². The van der Waals surface area contributed by atoms with Crippen LogP contribution in [0.1, 0.15) is 37.1 Å². The third-order valence-corrected chi connectivity index (χ3v) is 5.40. The number of hydrogen-bond acceptors (Lipinski definition) is 5. The van der Waals surface area contributed by atoms with Gasteiger partial charge in [0.15, 0.2) is 11.0 Å². The highest BCUT2D eigenvalue weighted by atomic mass is 32.2. The van der Waals surface area contributed by atoms with Crippen LogP contribution in [0.15, 0.2) is 52.2 Å². The molecule has 2 heterocycles. The summed E-state index contributed by atoms with van der Waals surface area (Å²) in [6, 6.07) is 12.0. The van der Waals surface area contributed by atoms with Crippen molar-refractivity contribution in [2.75, 3.05) is 5.75 Å². The summed E-state index contributed by atoms with van der Waals surface area (Å²) in [5.74, 6) is 1.82. The molecule has 6 nitrogen and oxygen atoms in total. The van der Waals surface area contributed by atoms with E-state index >= 15 is 0 Å². The number of amides is 1. The van der Waals surface area contributed by atoms with E-state index < -0.39 is 0 Å². The molecule has 142 valence electrons. The predicted octanol–water partition coefficient (Wildman–Crippen LogP) is 4.13. The van der Waals surface area contributed by atoms with Gasteiger partial charge in [0.2, 0.25) is 5.91 Å². The maximum Gasteiger partial charge on any atom is 0.230 e. The van der Waals surface area contributed by atoms with Crippen molar-refractivity contribution in [3.05, 3.63) is 54.0 Å². The van der Waals surface area contributed by atoms with Crippen molar-refractivity contribution in [1.82, 2.24) is 20.1 Å². The summed E-state index contributed by atoms with van der Waals surface area (Å²) in [4.78, 5) is 12.5. The molecule has 0 bridgehead atoms. The Morgan fingerprint density at radius 1 is 1.26 bits per heavy atom. The van der Waals surface area contributed by atoms with Gasteiger partial charge in [-0.3, -0.25) is 4.79 Å². The standard InChI is InChI=1S/C20H24N4O2S/c1-4-8-17(15-9-6-5-7-10-15)21-18(25)13-27-20-23-22-19(24(20)3)16-11-12-26-14(16)2/h5-7,9-12,17H,4,8,13H2,1-3H3,(H,21,25). The number of carbonyl (C=O) groups excluding carboxylic acids is 1. The molecule has 2 aromatic heterocycles. The van der Waals surface area contributed by atoms with Crippen LogP contribution in [0.5, 0.6) is 0 Å². The molecule has 1 unspecified atom stereocenters. The summed E-state index contributed by atoms with van der Waals surface area (Å²) in [6.07, 6.45) is 3.55. The van der Waals surface area contributed by atoms with Gasteiger partial charge in [-0.1, -0.05) is 55.4 Å². The second-order valence-electron chi connectivity index (χ2n) is 6.36. The van der Waals surface area contributed by atoms with Crippen LogP contribution in [0.25, 0.3) is 11.4 Å². The average Bonchev–Trinajstić information content (AvgIpc) is 3.25. The molecule has 1 aromatic carbocycles. The Morgan fingerprint density at radius 3 is 2.70 bits per heavy atom. The van der Waals surface area contributed by atoms with Crippen LogP contribution in [-0.2, 0) is 11.8 Å². The summed E-state index contributed by atoms with van der Waals surface area (Å²) in [7, 11) is 1.89. The summed E-state index contributed by atoms with van der Waals surface area (Å²) < 4.78 is 7.22. The highest BCUT2D eigenvalue weighted by Crippen LogP contribution is 2.26. The second kappa shape index (κ2) is 8.90. The second-order valence-corrected chi connectivity index (χ2v) is 7.31. The first-order valence-corrected chi connectivity index (χ1v) is 9.99. The third-order valence-electron chi connectivity index (χ3n) is 4.38. The summed E-state index contributed by atoms with van der Waals surface area (Å²) in [6.45, 7) is 4.01. The zero-order valence-electron chi connectivity index (χ0n) is 15.8. The highest BCUT2D eigenvalue weighted by Gasteiger charge is 2.17. The van der Waals surface area contributed by atoms with E-state index in [0.717, 1.165) is 35.6 Å². The van der Waals surface area contributed by atoms with E-state index in [1.807, 2.05) is 42.8 Å². The molecule has 0 fully saturated rings. The minimum atomic E-state index is -0.00801. The van der Waals surface area contributed by atoms with Gasteiger partial charge in [0.25, 0.3) is 0 Å². The van der Waals surface area contributed by atoms with Crippen LogP contribution in [0.3, 0.4) is 0 Å². The molecule has 1 amide bonds. The van der Waals surface area contributed by atoms with Gasteiger partial charge >= 0.3 is 0 Å². The Morgan fingerprint density at radius 2 is 2.04 bits per heavy atom. The zero-order valence-corrected chi connectivity index (χ0v) is 16.6. The van der Waals surface area contributed by atoms with Crippen LogP contribution < -0.4 is 5.32 Å². The maximum absolute atomic E-state index is 12.5. The Labute approximate surface area is 163 Å². The Hall–Kier alpha value is -2.54. The smallest absolute Gasteiger partial charge is 0.230 e. The molecule has 0 aliphatic carbocycles. The number of thioether (sulfide) groups is 1. The van der Waals surface area contributed by atoms with Crippen LogP contribution >= 0.6 is 11.8 Å². The molecule has 3 rings (SSSR count). The van der Waals surface area contributed by atoms with E-state index in [0.29, 0.717) is 10.9 Å². The number of furan rings is 1. The lowest BCUT2D eigenvalue weighted by molar-refractivity contribution is -0.119. The monoisotopic (exact) mass is 384 g/mol. The molecule has 27 heavy (non-hydrogen) atoms. The third kappa shape index (κ3) is 4.60. The van der Waals surface area contributed by atoms with Crippen molar-refractivity contribution < 1.29 is 9.21 Å². The first-order valence-electron chi connectivity index (χ1n) is 9.01. The lowest BCUT2D eigenvalue weighted by Crippen LogP contribution is -2.30. The summed E-state index contributed by atoms with van der Waals surface area (Å²) >= 11 is 1.38. The molecule has 0 spiro atoms. The van der Waals surface area contributed by atoms with Crippen molar-refractivity contribution in [2.24, 2.45) is 7.05 Å². The van der Waals surface area contributed by atoms with Crippen LogP contribution in [0.2, 0.25) is 0 Å². The average molecular weight is 385 g/mol. The van der Waals surface area contributed by atoms with Crippen LogP contribution in [0, 0.1) is 6.92 Å². The molecule has 0 saturated carbocycles. The van der Waals surface area contributed by atoms with E-state index in [1.165, 1.54) is 11.8 Å². The molecule has 3 aromatic rings. The fraction of sp³-hybridized carbons (Fsp3) is 0.350. The van der Waals surface area contributed by atoms with Gasteiger partial charge in [-0.25, -0.2) is 0 Å². The van der Waals surface area contributed by atoms with Gasteiger partial charge in [0, 0.05) is 7.05 Å². The normalized spacial score (nSPS) is 12.1. The molecule has 7 heteroatoms. The number of carbonyl (C=O) groups is 1. The van der Waals surface area contributed by atoms with Gasteiger partial charge in [-0.15, -0.1) is 10.2 Å². The number of nitrogens with one attached hydrogen (secondary N) is 1. The van der Waals surface area contributed by atoms with E-state index in [4.69, 9.17) is 4.42 Å². The van der Waals surface area contributed by atoms with E-state index in [1.54, 1.807) is 6.26 Å². The number of aryl methyl sites for hydroxylation is 1. The summed E-state index contributed by atoms with van der Waals surface area (Å²) in [5.41, 5.74) is 2.04. The lowest BCUT2D eigenvalue weighted by Gasteiger charge is -2.18. The Balaban J connectivity index is 1.62. The predicted molar refractivity (Wildman–Crippen MR) is 106 cm³/mol. The minimum absolute atomic E-state index is 0.00801. The number of hydrogen-bond donors (Lipinski definition) is 1. The molecule has 0 aliphatic rings. The fourth-order valence-corrected chi connectivity index (χ4v) is 3.68. The number of rotatable bonds is 8. The van der Waals surface area contributed by atoms with E-state index in [9.17, 15) is 4.79 Å². The summed E-state index contributed by atoms with van der Waals surface area (Å²) in [5, 5.41) is 12.3. The van der Waals surface area contributed by atoms with Gasteiger partial charge in [0.1, 0.15) is 5.76 Å². The SMILES string of the molecule is CCCC(NC(=O)CSc1nnc(-c2ccoc2C)n1C)c1ccccc1. The quantitative estimate of drug-likeness (QED) is 0.591. The molecule has 0 aliphatic heterocycles.